The normalized spacial score (nSPS) is 11.4. The predicted molar refractivity (Wildman–Crippen MR) is 66.7 cm³/mol. The molecule has 0 aromatic heterocycles. The molecule has 0 aliphatic heterocycles. The summed E-state index contributed by atoms with van der Waals surface area (Å²) in [6.45, 7) is 0. The minimum Gasteiger partial charge on any atom is -0.497 e. The van der Waals surface area contributed by atoms with Gasteiger partial charge in [-0.05, 0) is 37.1 Å². The van der Waals surface area contributed by atoms with Crippen molar-refractivity contribution in [2.24, 2.45) is 0 Å². The number of methoxy groups -OCH3 is 1. The average Bonchev–Trinajstić information content (AvgIpc) is 2.46. The molecular weight excluding hydrogens is 249 g/mol. The van der Waals surface area contributed by atoms with Crippen molar-refractivity contribution in [2.75, 3.05) is 7.11 Å². The van der Waals surface area contributed by atoms with Crippen LogP contribution in [0.1, 0.15) is 29.6 Å². The Bertz CT molecular complexity index is 490. The van der Waals surface area contributed by atoms with Crippen LogP contribution in [0.3, 0.4) is 0 Å². The molecule has 0 saturated carbocycles. The Labute approximate surface area is 110 Å². The molecule has 100 valence electrons. The molecular formula is C14H14FNO3. The lowest BCUT2D eigenvalue weighted by atomic mass is 10.0. The third kappa shape index (κ3) is 4.18. The summed E-state index contributed by atoms with van der Waals surface area (Å²) in [5.41, 5.74) is 0.133. The van der Waals surface area contributed by atoms with Gasteiger partial charge in [-0.2, -0.15) is 5.26 Å². The van der Waals surface area contributed by atoms with E-state index in [0.717, 1.165) is 0 Å². The van der Waals surface area contributed by atoms with Crippen LogP contribution in [0.4, 0.5) is 4.39 Å². The maximum atomic E-state index is 13.5. The zero-order valence-corrected chi connectivity index (χ0v) is 10.6. The van der Waals surface area contributed by atoms with Crippen LogP contribution >= 0.6 is 0 Å². The molecule has 4 nitrogen and oxygen atoms in total. The fourth-order valence-corrected chi connectivity index (χ4v) is 1.52. The highest BCUT2D eigenvalue weighted by molar-refractivity contribution is 6.45. The zero-order valence-electron chi connectivity index (χ0n) is 10.6. The first kappa shape index (κ1) is 14.8. The van der Waals surface area contributed by atoms with Crippen molar-refractivity contribution in [2.45, 2.75) is 25.4 Å². The molecule has 1 aromatic carbocycles. The number of ketones is 2. The van der Waals surface area contributed by atoms with Crippen molar-refractivity contribution >= 4 is 11.6 Å². The highest BCUT2D eigenvalue weighted by Gasteiger charge is 2.25. The predicted octanol–water partition coefficient (Wildman–Crippen LogP) is 2.48. The SMILES string of the molecule is COc1ccc(C(=O)C(=O)C(F)CCCC#N)cc1. The standard InChI is InChI=1S/C14H14FNO3/c1-19-11-7-5-10(6-8-11)13(17)14(18)12(15)4-2-3-9-16/h5-8,12H,2-4H2,1H3. The van der Waals surface area contributed by atoms with Crippen molar-refractivity contribution in [3.63, 3.8) is 0 Å². The molecule has 0 aliphatic rings. The van der Waals surface area contributed by atoms with Gasteiger partial charge in [-0.3, -0.25) is 9.59 Å². The number of hydrogen-bond donors (Lipinski definition) is 0. The van der Waals surface area contributed by atoms with Gasteiger partial charge in [-0.25, -0.2) is 4.39 Å². The number of alkyl halides is 1. The van der Waals surface area contributed by atoms with E-state index < -0.39 is 17.7 Å². The summed E-state index contributed by atoms with van der Waals surface area (Å²) in [6, 6.07) is 7.76. The smallest absolute Gasteiger partial charge is 0.237 e. The van der Waals surface area contributed by atoms with Crippen LogP contribution in [0.25, 0.3) is 0 Å². The van der Waals surface area contributed by atoms with E-state index >= 15 is 0 Å². The summed E-state index contributed by atoms with van der Waals surface area (Å²) >= 11 is 0. The maximum Gasteiger partial charge on any atom is 0.237 e. The minimum atomic E-state index is -1.84. The third-order valence-electron chi connectivity index (χ3n) is 2.61. The van der Waals surface area contributed by atoms with Gasteiger partial charge in [0.05, 0.1) is 13.2 Å². The van der Waals surface area contributed by atoms with Crippen LogP contribution in [0.2, 0.25) is 0 Å². The van der Waals surface area contributed by atoms with Crippen LogP contribution < -0.4 is 4.74 Å². The molecule has 0 saturated heterocycles. The fourth-order valence-electron chi connectivity index (χ4n) is 1.52. The van der Waals surface area contributed by atoms with E-state index in [9.17, 15) is 14.0 Å². The molecule has 1 atom stereocenters. The first-order valence-corrected chi connectivity index (χ1v) is 5.83. The van der Waals surface area contributed by atoms with Gasteiger partial charge in [0, 0.05) is 12.0 Å². The van der Waals surface area contributed by atoms with Gasteiger partial charge >= 0.3 is 0 Å². The molecule has 0 radical (unpaired) electrons. The van der Waals surface area contributed by atoms with Gasteiger partial charge in [-0.1, -0.05) is 0 Å². The number of nitrogens with zero attached hydrogens (tertiary/aromatic N) is 1. The lowest BCUT2D eigenvalue weighted by molar-refractivity contribution is -0.119. The molecule has 0 heterocycles. The maximum absolute atomic E-state index is 13.5. The molecule has 0 aliphatic carbocycles. The Hall–Kier alpha value is -2.22. The van der Waals surface area contributed by atoms with Crippen molar-refractivity contribution in [1.29, 1.82) is 5.26 Å². The van der Waals surface area contributed by atoms with Gasteiger partial charge in [0.15, 0.2) is 6.17 Å². The van der Waals surface area contributed by atoms with E-state index in [1.807, 2.05) is 6.07 Å². The van der Waals surface area contributed by atoms with E-state index in [2.05, 4.69) is 0 Å². The highest BCUT2D eigenvalue weighted by atomic mass is 19.1. The molecule has 0 amide bonds. The van der Waals surface area contributed by atoms with Gasteiger partial charge in [0.2, 0.25) is 11.6 Å². The number of benzene rings is 1. The first-order valence-electron chi connectivity index (χ1n) is 5.83. The van der Waals surface area contributed by atoms with Crippen molar-refractivity contribution in [3.05, 3.63) is 29.8 Å². The van der Waals surface area contributed by atoms with Crippen LogP contribution in [0.5, 0.6) is 5.75 Å². The van der Waals surface area contributed by atoms with Crippen LogP contribution in [-0.4, -0.2) is 24.8 Å². The number of ether oxygens (including phenoxy) is 1. The third-order valence-corrected chi connectivity index (χ3v) is 2.61. The first-order chi connectivity index (χ1) is 9.10. The Kier molecular flexibility index (Phi) is 5.68. The number of carbonyl (C=O) groups excluding carboxylic acids is 2. The number of Topliss-reactive ketones (excluding diaryl/α,β-unsaturated/α-hetero) is 2. The van der Waals surface area contributed by atoms with Gasteiger partial charge in [0.25, 0.3) is 0 Å². The number of rotatable bonds is 7. The molecule has 0 bridgehead atoms. The van der Waals surface area contributed by atoms with Crippen molar-refractivity contribution < 1.29 is 18.7 Å². The van der Waals surface area contributed by atoms with E-state index in [-0.39, 0.29) is 24.8 Å². The highest BCUT2D eigenvalue weighted by Crippen LogP contribution is 2.14. The second kappa shape index (κ2) is 7.27. The molecule has 0 spiro atoms. The lowest BCUT2D eigenvalue weighted by Crippen LogP contribution is -2.25. The van der Waals surface area contributed by atoms with Gasteiger partial charge in [-0.15, -0.1) is 0 Å². The molecule has 1 rings (SSSR count). The molecule has 1 aromatic rings. The van der Waals surface area contributed by atoms with E-state index in [1.165, 1.54) is 31.4 Å². The second-order valence-electron chi connectivity index (χ2n) is 3.94. The summed E-state index contributed by atoms with van der Waals surface area (Å²) in [5.74, 6) is -1.37. The summed E-state index contributed by atoms with van der Waals surface area (Å²) in [4.78, 5) is 23.3. The molecule has 0 N–H and O–H groups in total. The monoisotopic (exact) mass is 263 g/mol. The van der Waals surface area contributed by atoms with Crippen LogP contribution in [0, 0.1) is 11.3 Å². The quantitative estimate of drug-likeness (QED) is 0.430. The second-order valence-corrected chi connectivity index (χ2v) is 3.94. The van der Waals surface area contributed by atoms with Crippen LogP contribution in [0.15, 0.2) is 24.3 Å². The Morgan fingerprint density at radius 1 is 1.37 bits per heavy atom. The fraction of sp³-hybridized carbons (Fsp3) is 0.357. The van der Waals surface area contributed by atoms with Crippen molar-refractivity contribution in [1.82, 2.24) is 0 Å². The zero-order chi connectivity index (χ0) is 14.3. The van der Waals surface area contributed by atoms with Crippen LogP contribution in [-0.2, 0) is 4.79 Å². The average molecular weight is 263 g/mol. The Morgan fingerprint density at radius 2 is 2.00 bits per heavy atom. The minimum absolute atomic E-state index is 0.103. The van der Waals surface area contributed by atoms with Gasteiger partial charge < -0.3 is 4.74 Å². The molecule has 1 unspecified atom stereocenters. The number of unbranched alkanes of at least 4 members (excludes halogenated alkanes) is 1. The summed E-state index contributed by atoms with van der Waals surface area (Å²) < 4.78 is 18.4. The number of hydrogen-bond acceptors (Lipinski definition) is 4. The number of nitriles is 1. The number of carbonyl (C=O) groups is 2. The van der Waals surface area contributed by atoms with E-state index in [4.69, 9.17) is 10.00 Å². The van der Waals surface area contributed by atoms with E-state index in [0.29, 0.717) is 5.75 Å². The van der Waals surface area contributed by atoms with Gasteiger partial charge in [0.1, 0.15) is 5.75 Å². The molecule has 5 heteroatoms. The molecule has 0 fully saturated rings. The summed E-state index contributed by atoms with van der Waals surface area (Å²) in [5, 5.41) is 8.32. The topological polar surface area (TPSA) is 67.2 Å². The Balaban J connectivity index is 2.65. The summed E-state index contributed by atoms with van der Waals surface area (Å²) in [7, 11) is 1.48. The largest absolute Gasteiger partial charge is 0.497 e. The van der Waals surface area contributed by atoms with Crippen molar-refractivity contribution in [3.8, 4) is 11.8 Å². The summed E-state index contributed by atoms with van der Waals surface area (Å²) in [6.07, 6.45) is -1.51. The van der Waals surface area contributed by atoms with E-state index in [1.54, 1.807) is 0 Å². The molecule has 19 heavy (non-hydrogen) atoms. The Morgan fingerprint density at radius 3 is 2.53 bits per heavy atom. The lowest BCUT2D eigenvalue weighted by Gasteiger charge is -2.06. The number of halogens is 1.